The van der Waals surface area contributed by atoms with Crippen molar-refractivity contribution < 1.29 is 22.6 Å². The van der Waals surface area contributed by atoms with E-state index < -0.39 is 11.9 Å². The lowest BCUT2D eigenvalue weighted by Gasteiger charge is -2.14. The van der Waals surface area contributed by atoms with Crippen LogP contribution < -0.4 is 15.4 Å². The van der Waals surface area contributed by atoms with Crippen molar-refractivity contribution in [2.45, 2.75) is 25.1 Å². The molecular weight excluding hydrogens is 321 g/mol. The summed E-state index contributed by atoms with van der Waals surface area (Å²) < 4.78 is 48.3. The van der Waals surface area contributed by atoms with Crippen molar-refractivity contribution in [3.63, 3.8) is 0 Å². The Bertz CT molecular complexity index is 536. The van der Waals surface area contributed by atoms with E-state index in [0.717, 1.165) is 12.8 Å². The summed E-state index contributed by atoms with van der Waals surface area (Å²) in [6, 6.07) is 0.716. The van der Waals surface area contributed by atoms with Crippen molar-refractivity contribution in [1.82, 2.24) is 15.3 Å². The minimum atomic E-state index is -4.60. The molecule has 1 fully saturated rings. The zero-order valence-corrected chi connectivity index (χ0v) is 12.6. The average Bonchev–Trinajstić information content (AvgIpc) is 2.97. The van der Waals surface area contributed by atoms with Gasteiger partial charge < -0.3 is 20.1 Å². The van der Waals surface area contributed by atoms with E-state index in [4.69, 9.17) is 21.7 Å². The van der Waals surface area contributed by atoms with Gasteiger partial charge in [-0.3, -0.25) is 0 Å². The molecule has 1 aliphatic rings. The molecule has 1 aliphatic heterocycles. The van der Waals surface area contributed by atoms with Crippen molar-refractivity contribution in [2.24, 2.45) is 0 Å². The van der Waals surface area contributed by atoms with Crippen LogP contribution in [-0.4, -0.2) is 41.4 Å². The second-order valence-corrected chi connectivity index (χ2v) is 5.00. The zero-order chi connectivity index (χ0) is 16.2. The minimum absolute atomic E-state index is 0.0525. The number of aromatic nitrogens is 2. The average molecular weight is 336 g/mol. The van der Waals surface area contributed by atoms with Gasteiger partial charge in [0.25, 0.3) is 0 Å². The van der Waals surface area contributed by atoms with Crippen LogP contribution in [0.1, 0.15) is 18.5 Å². The molecule has 0 spiro atoms. The van der Waals surface area contributed by atoms with Crippen LogP contribution in [0.25, 0.3) is 0 Å². The Morgan fingerprint density at radius 2 is 2.27 bits per heavy atom. The number of methoxy groups -OCH3 is 1. The number of hydrogen-bond donors (Lipinski definition) is 2. The van der Waals surface area contributed by atoms with Gasteiger partial charge in [-0.05, 0) is 25.1 Å². The number of ether oxygens (including phenoxy) is 2. The molecule has 2 N–H and O–H groups in total. The van der Waals surface area contributed by atoms with Gasteiger partial charge in [-0.1, -0.05) is 0 Å². The van der Waals surface area contributed by atoms with E-state index >= 15 is 0 Å². The first-order valence-electron chi connectivity index (χ1n) is 6.55. The fraction of sp³-hybridized carbons (Fsp3) is 0.583. The van der Waals surface area contributed by atoms with E-state index in [9.17, 15) is 13.2 Å². The number of alkyl halides is 3. The number of nitrogens with zero attached hydrogens (tertiary/aromatic N) is 2. The highest BCUT2D eigenvalue weighted by molar-refractivity contribution is 7.80. The lowest BCUT2D eigenvalue weighted by molar-refractivity contribution is -0.141. The van der Waals surface area contributed by atoms with Gasteiger partial charge in [0.1, 0.15) is 0 Å². The van der Waals surface area contributed by atoms with E-state index in [-0.39, 0.29) is 23.0 Å². The molecule has 1 atom stereocenters. The van der Waals surface area contributed by atoms with Crippen molar-refractivity contribution in [3.05, 3.63) is 11.8 Å². The first-order chi connectivity index (χ1) is 10.4. The predicted octanol–water partition coefficient (Wildman–Crippen LogP) is 1.97. The van der Waals surface area contributed by atoms with Crippen molar-refractivity contribution in [3.8, 4) is 5.88 Å². The quantitative estimate of drug-likeness (QED) is 0.815. The number of rotatable bonds is 4. The highest BCUT2D eigenvalue weighted by atomic mass is 32.1. The lowest BCUT2D eigenvalue weighted by Crippen LogP contribution is -2.35. The summed E-state index contributed by atoms with van der Waals surface area (Å²) >= 11 is 5.01. The van der Waals surface area contributed by atoms with Crippen LogP contribution in [0.3, 0.4) is 0 Å². The molecule has 0 aliphatic carbocycles. The van der Waals surface area contributed by atoms with Crippen molar-refractivity contribution in [2.75, 3.05) is 25.6 Å². The predicted molar refractivity (Wildman–Crippen MR) is 76.8 cm³/mol. The Balaban J connectivity index is 1.99. The molecule has 0 amide bonds. The van der Waals surface area contributed by atoms with Crippen LogP contribution in [-0.2, 0) is 10.9 Å². The van der Waals surface area contributed by atoms with Crippen LogP contribution in [0.5, 0.6) is 5.88 Å². The second-order valence-electron chi connectivity index (χ2n) is 4.59. The molecular formula is C12H15F3N4O2S. The SMILES string of the molecule is COc1cc(C(F)(F)F)nc(NC(=S)NC[C@@H]2CCCO2)n1. The minimum Gasteiger partial charge on any atom is -0.481 e. The third kappa shape index (κ3) is 4.67. The lowest BCUT2D eigenvalue weighted by atomic mass is 10.2. The number of nitrogens with one attached hydrogen (secondary N) is 2. The fourth-order valence-electron chi connectivity index (χ4n) is 1.89. The molecule has 6 nitrogen and oxygen atoms in total. The van der Waals surface area contributed by atoms with Gasteiger partial charge in [0.05, 0.1) is 13.2 Å². The van der Waals surface area contributed by atoms with E-state index in [0.29, 0.717) is 19.2 Å². The Kier molecular flexibility index (Phi) is 5.35. The summed E-state index contributed by atoms with van der Waals surface area (Å²) in [5.41, 5.74) is -1.11. The van der Waals surface area contributed by atoms with Gasteiger partial charge in [0.2, 0.25) is 11.8 Å². The van der Waals surface area contributed by atoms with Gasteiger partial charge in [0, 0.05) is 19.2 Å². The Labute approximate surface area is 130 Å². The maximum absolute atomic E-state index is 12.7. The molecule has 2 rings (SSSR count). The van der Waals surface area contributed by atoms with Crippen LogP contribution in [0.4, 0.5) is 19.1 Å². The molecule has 0 unspecified atom stereocenters. The fourth-order valence-corrected chi connectivity index (χ4v) is 2.06. The van der Waals surface area contributed by atoms with Crippen molar-refractivity contribution >= 4 is 23.3 Å². The van der Waals surface area contributed by atoms with Gasteiger partial charge >= 0.3 is 6.18 Å². The van der Waals surface area contributed by atoms with Crippen molar-refractivity contribution in [1.29, 1.82) is 0 Å². The number of hydrogen-bond acceptors (Lipinski definition) is 5. The Morgan fingerprint density at radius 3 is 2.86 bits per heavy atom. The number of thiocarbonyl (C=S) groups is 1. The van der Waals surface area contributed by atoms with Gasteiger partial charge in [0.15, 0.2) is 10.8 Å². The highest BCUT2D eigenvalue weighted by Gasteiger charge is 2.34. The summed E-state index contributed by atoms with van der Waals surface area (Å²) in [6.07, 6.45) is -2.64. The third-order valence-electron chi connectivity index (χ3n) is 2.94. The Hall–Kier alpha value is -1.68. The summed E-state index contributed by atoms with van der Waals surface area (Å²) in [5.74, 6) is -0.483. The standard InChI is InChI=1S/C12H15F3N4O2S/c1-20-9-5-8(12(13,14)15)17-10(18-9)19-11(22)16-6-7-3-2-4-21-7/h5,7H,2-4,6H2,1H3,(H2,16,17,18,19,22)/t7-/m0/s1. The zero-order valence-electron chi connectivity index (χ0n) is 11.7. The molecule has 0 bridgehead atoms. The normalized spacial score (nSPS) is 18.1. The molecule has 0 radical (unpaired) electrons. The molecule has 0 aromatic carbocycles. The summed E-state index contributed by atoms with van der Waals surface area (Å²) in [7, 11) is 1.22. The number of anilines is 1. The molecule has 1 saturated heterocycles. The summed E-state index contributed by atoms with van der Waals surface area (Å²) in [5, 5.41) is 5.50. The smallest absolute Gasteiger partial charge is 0.433 e. The molecule has 10 heteroatoms. The first kappa shape index (κ1) is 16.7. The van der Waals surface area contributed by atoms with Crippen LogP contribution >= 0.6 is 12.2 Å². The first-order valence-corrected chi connectivity index (χ1v) is 6.96. The second kappa shape index (κ2) is 7.05. The highest BCUT2D eigenvalue weighted by Crippen LogP contribution is 2.30. The molecule has 2 heterocycles. The van der Waals surface area contributed by atoms with E-state index in [1.165, 1.54) is 7.11 Å². The summed E-state index contributed by atoms with van der Waals surface area (Å²) in [6.45, 7) is 1.18. The van der Waals surface area contributed by atoms with Crippen LogP contribution in [0, 0.1) is 0 Å². The van der Waals surface area contributed by atoms with Crippen LogP contribution in [0.2, 0.25) is 0 Å². The largest absolute Gasteiger partial charge is 0.481 e. The Morgan fingerprint density at radius 1 is 1.50 bits per heavy atom. The maximum atomic E-state index is 12.7. The topological polar surface area (TPSA) is 68.3 Å². The van der Waals surface area contributed by atoms with E-state index in [1.807, 2.05) is 0 Å². The van der Waals surface area contributed by atoms with Gasteiger partial charge in [-0.15, -0.1) is 0 Å². The number of halogens is 3. The maximum Gasteiger partial charge on any atom is 0.433 e. The van der Waals surface area contributed by atoms with E-state index in [2.05, 4.69) is 20.6 Å². The van der Waals surface area contributed by atoms with Gasteiger partial charge in [-0.25, -0.2) is 4.98 Å². The molecule has 0 saturated carbocycles. The third-order valence-corrected chi connectivity index (χ3v) is 3.19. The molecule has 22 heavy (non-hydrogen) atoms. The molecule has 1 aromatic heterocycles. The molecule has 1 aromatic rings. The molecule has 122 valence electrons. The van der Waals surface area contributed by atoms with Gasteiger partial charge in [-0.2, -0.15) is 18.2 Å². The van der Waals surface area contributed by atoms with Crippen LogP contribution in [0.15, 0.2) is 6.07 Å². The van der Waals surface area contributed by atoms with E-state index in [1.54, 1.807) is 0 Å². The monoisotopic (exact) mass is 336 g/mol. The summed E-state index contributed by atoms with van der Waals surface area (Å²) in [4.78, 5) is 7.17.